The molecule has 2 heterocycles. The molecule has 0 spiro atoms. The molecule has 3 aromatic rings. The number of rotatable bonds is 5. The van der Waals surface area contributed by atoms with Crippen molar-refractivity contribution in [1.29, 1.82) is 0 Å². The molecule has 4 rings (SSSR count). The van der Waals surface area contributed by atoms with Gasteiger partial charge in [-0.05, 0) is 29.3 Å². The molecule has 0 saturated heterocycles. The average molecular weight is 365 g/mol. The maximum absolute atomic E-state index is 12.1. The fraction of sp³-hybridized carbons (Fsp3) is 0.105. The number of amides is 1. The first-order chi connectivity index (χ1) is 12.8. The third-order valence-electron chi connectivity index (χ3n) is 3.72. The summed E-state index contributed by atoms with van der Waals surface area (Å²) in [6.45, 7) is 0.228. The van der Waals surface area contributed by atoms with Gasteiger partial charge in [0.2, 0.25) is 17.8 Å². The Labute approximate surface area is 154 Å². The molecule has 0 bridgehead atoms. The fourth-order valence-corrected chi connectivity index (χ4v) is 3.26. The van der Waals surface area contributed by atoms with Crippen molar-refractivity contribution in [3.63, 3.8) is 0 Å². The lowest BCUT2D eigenvalue weighted by atomic mass is 10.2. The number of carbonyl (C=O) groups excluding carboxylic acids is 1. The Kier molecular flexibility index (Phi) is 4.61. The second-order valence-corrected chi connectivity index (χ2v) is 6.66. The third-order valence-corrected chi connectivity index (χ3v) is 4.56. The van der Waals surface area contributed by atoms with Crippen molar-refractivity contribution in [3.8, 4) is 11.5 Å². The zero-order valence-corrected chi connectivity index (χ0v) is 14.5. The van der Waals surface area contributed by atoms with Gasteiger partial charge in [0.1, 0.15) is 5.01 Å². The summed E-state index contributed by atoms with van der Waals surface area (Å²) in [5, 5.41) is 12.2. The molecular weight excluding hydrogens is 350 g/mol. The van der Waals surface area contributed by atoms with Gasteiger partial charge in [-0.3, -0.25) is 10.1 Å². The Morgan fingerprint density at radius 2 is 1.96 bits per heavy atom. The van der Waals surface area contributed by atoms with Crippen LogP contribution in [0.2, 0.25) is 0 Å². The number of benzene rings is 2. The lowest BCUT2D eigenvalue weighted by molar-refractivity contribution is -0.111. The van der Waals surface area contributed by atoms with E-state index in [1.54, 1.807) is 6.08 Å². The van der Waals surface area contributed by atoms with Crippen LogP contribution in [0.5, 0.6) is 11.5 Å². The summed E-state index contributed by atoms with van der Waals surface area (Å²) in [7, 11) is 0. The number of nitrogens with one attached hydrogen (secondary N) is 1. The molecule has 0 radical (unpaired) electrons. The monoisotopic (exact) mass is 365 g/mol. The number of ether oxygens (including phenoxy) is 2. The molecule has 2 aromatic carbocycles. The molecule has 0 saturated carbocycles. The first-order valence-corrected chi connectivity index (χ1v) is 8.83. The van der Waals surface area contributed by atoms with E-state index in [4.69, 9.17) is 9.47 Å². The molecule has 1 aliphatic rings. The van der Waals surface area contributed by atoms with Crippen LogP contribution in [-0.4, -0.2) is 22.9 Å². The lowest BCUT2D eigenvalue weighted by Crippen LogP contribution is -2.07. The van der Waals surface area contributed by atoms with Crippen LogP contribution in [0, 0.1) is 0 Å². The summed E-state index contributed by atoms with van der Waals surface area (Å²) in [6, 6.07) is 15.5. The van der Waals surface area contributed by atoms with Gasteiger partial charge in [-0.1, -0.05) is 47.7 Å². The normalized spacial score (nSPS) is 12.5. The zero-order valence-electron chi connectivity index (χ0n) is 13.7. The van der Waals surface area contributed by atoms with E-state index >= 15 is 0 Å². The number of hydrogen-bond donors (Lipinski definition) is 1. The molecule has 1 N–H and O–H groups in total. The maximum Gasteiger partial charge on any atom is 0.250 e. The number of aromatic nitrogens is 2. The molecule has 1 aliphatic heterocycles. The molecule has 0 atom stereocenters. The Morgan fingerprint density at radius 1 is 1.12 bits per heavy atom. The highest BCUT2D eigenvalue weighted by atomic mass is 32.1. The lowest BCUT2D eigenvalue weighted by Gasteiger charge is -1.98. The standard InChI is InChI=1S/C19H15N3O3S/c23-17(9-7-14-6-8-15-16(10-14)25-12-24-15)20-19-22-21-18(26-19)11-13-4-2-1-3-5-13/h1-10H,11-12H2,(H,20,22,23). The van der Waals surface area contributed by atoms with Gasteiger partial charge in [0.15, 0.2) is 11.5 Å². The molecule has 0 aliphatic carbocycles. The van der Waals surface area contributed by atoms with Crippen LogP contribution in [0.1, 0.15) is 16.1 Å². The highest BCUT2D eigenvalue weighted by Gasteiger charge is 2.12. The molecule has 0 fully saturated rings. The topological polar surface area (TPSA) is 73.3 Å². The smallest absolute Gasteiger partial charge is 0.250 e. The van der Waals surface area contributed by atoms with Gasteiger partial charge in [0.05, 0.1) is 0 Å². The van der Waals surface area contributed by atoms with Gasteiger partial charge < -0.3 is 9.47 Å². The van der Waals surface area contributed by atoms with Crippen LogP contribution in [-0.2, 0) is 11.2 Å². The number of hydrogen-bond acceptors (Lipinski definition) is 6. The van der Waals surface area contributed by atoms with Crippen molar-refractivity contribution in [2.45, 2.75) is 6.42 Å². The van der Waals surface area contributed by atoms with E-state index in [-0.39, 0.29) is 12.7 Å². The van der Waals surface area contributed by atoms with Gasteiger partial charge in [-0.15, -0.1) is 10.2 Å². The predicted octanol–water partition coefficient (Wildman–Crippen LogP) is 3.51. The van der Waals surface area contributed by atoms with E-state index < -0.39 is 0 Å². The minimum atomic E-state index is -0.259. The molecule has 1 aromatic heterocycles. The summed E-state index contributed by atoms with van der Waals surface area (Å²) in [6.07, 6.45) is 3.86. The highest BCUT2D eigenvalue weighted by Crippen LogP contribution is 2.32. The van der Waals surface area contributed by atoms with E-state index in [9.17, 15) is 4.79 Å². The van der Waals surface area contributed by atoms with Gasteiger partial charge in [-0.25, -0.2) is 0 Å². The van der Waals surface area contributed by atoms with Crippen molar-refractivity contribution in [2.75, 3.05) is 12.1 Å². The minimum absolute atomic E-state index is 0.228. The number of anilines is 1. The van der Waals surface area contributed by atoms with E-state index in [2.05, 4.69) is 15.5 Å². The van der Waals surface area contributed by atoms with Crippen LogP contribution in [0.4, 0.5) is 5.13 Å². The average Bonchev–Trinajstić information content (AvgIpc) is 3.29. The Bertz CT molecular complexity index is 954. The van der Waals surface area contributed by atoms with Crippen molar-refractivity contribution in [2.24, 2.45) is 0 Å². The van der Waals surface area contributed by atoms with E-state index in [1.807, 2.05) is 48.5 Å². The highest BCUT2D eigenvalue weighted by molar-refractivity contribution is 7.15. The van der Waals surface area contributed by atoms with Crippen LogP contribution in [0.15, 0.2) is 54.6 Å². The van der Waals surface area contributed by atoms with Gasteiger partial charge in [0, 0.05) is 12.5 Å². The summed E-state index contributed by atoms with van der Waals surface area (Å²) in [5.41, 5.74) is 2.01. The summed E-state index contributed by atoms with van der Waals surface area (Å²) >= 11 is 1.37. The molecule has 1 amide bonds. The van der Waals surface area contributed by atoms with Gasteiger partial charge >= 0.3 is 0 Å². The molecule has 26 heavy (non-hydrogen) atoms. The Hall–Kier alpha value is -3.19. The second kappa shape index (κ2) is 7.37. The molecule has 6 nitrogen and oxygen atoms in total. The second-order valence-electron chi connectivity index (χ2n) is 5.60. The van der Waals surface area contributed by atoms with Gasteiger partial charge in [0.25, 0.3) is 0 Å². The first-order valence-electron chi connectivity index (χ1n) is 8.01. The van der Waals surface area contributed by atoms with Crippen LogP contribution in [0.3, 0.4) is 0 Å². The van der Waals surface area contributed by atoms with Crippen molar-refractivity contribution in [1.82, 2.24) is 10.2 Å². The summed E-state index contributed by atoms with van der Waals surface area (Å²) in [5.74, 6) is 1.14. The number of fused-ring (bicyclic) bond motifs is 1. The van der Waals surface area contributed by atoms with E-state index in [1.165, 1.54) is 17.4 Å². The van der Waals surface area contributed by atoms with E-state index in [0.717, 1.165) is 16.1 Å². The first kappa shape index (κ1) is 16.3. The Balaban J connectivity index is 1.36. The zero-order chi connectivity index (χ0) is 17.8. The summed E-state index contributed by atoms with van der Waals surface area (Å²) in [4.78, 5) is 12.1. The van der Waals surface area contributed by atoms with E-state index in [0.29, 0.717) is 23.1 Å². The van der Waals surface area contributed by atoms with Crippen LogP contribution >= 0.6 is 11.3 Å². The van der Waals surface area contributed by atoms with Crippen LogP contribution in [0.25, 0.3) is 6.08 Å². The van der Waals surface area contributed by atoms with Crippen LogP contribution < -0.4 is 14.8 Å². The fourth-order valence-electron chi connectivity index (χ4n) is 2.48. The Morgan fingerprint density at radius 3 is 2.85 bits per heavy atom. The number of nitrogens with zero attached hydrogens (tertiary/aromatic N) is 2. The van der Waals surface area contributed by atoms with Gasteiger partial charge in [-0.2, -0.15) is 0 Å². The maximum atomic E-state index is 12.1. The minimum Gasteiger partial charge on any atom is -0.454 e. The van der Waals surface area contributed by atoms with Crippen molar-refractivity contribution in [3.05, 3.63) is 70.7 Å². The van der Waals surface area contributed by atoms with Crippen molar-refractivity contribution >= 4 is 28.5 Å². The number of carbonyl (C=O) groups is 1. The van der Waals surface area contributed by atoms with Crippen molar-refractivity contribution < 1.29 is 14.3 Å². The third kappa shape index (κ3) is 3.89. The largest absolute Gasteiger partial charge is 0.454 e. The molecule has 7 heteroatoms. The molecular formula is C19H15N3O3S. The molecule has 130 valence electrons. The SMILES string of the molecule is O=C(C=Cc1ccc2c(c1)OCO2)Nc1nnc(Cc2ccccc2)s1. The predicted molar refractivity (Wildman–Crippen MR) is 99.4 cm³/mol. The quantitative estimate of drug-likeness (QED) is 0.701. The summed E-state index contributed by atoms with van der Waals surface area (Å²) < 4.78 is 10.6. The molecule has 0 unspecified atom stereocenters.